The standard InChI is InChI=1S/C3H7O3P.Ti/c1-2-3-6-7(4)5;/h2-3,7H,1H3,(H,4,5);. The van der Waals surface area contributed by atoms with Crippen molar-refractivity contribution in [3.63, 3.8) is 0 Å². The minimum absolute atomic E-state index is 0. The fourth-order valence-electron chi connectivity index (χ4n) is 0.126. The van der Waals surface area contributed by atoms with Gasteiger partial charge < -0.3 is 9.42 Å². The Balaban J connectivity index is 0. The van der Waals surface area contributed by atoms with Gasteiger partial charge in [0.05, 0.1) is 6.26 Å². The second kappa shape index (κ2) is 7.44. The molecule has 0 aromatic heterocycles. The molecule has 1 atom stereocenters. The van der Waals surface area contributed by atoms with E-state index in [0.717, 1.165) is 0 Å². The van der Waals surface area contributed by atoms with Gasteiger partial charge in [0, 0.05) is 21.7 Å². The second-order valence-electron chi connectivity index (χ2n) is 0.853. The zero-order chi connectivity index (χ0) is 5.70. The summed E-state index contributed by atoms with van der Waals surface area (Å²) in [5.74, 6) is 0. The van der Waals surface area contributed by atoms with Gasteiger partial charge in [-0.15, -0.1) is 0 Å². The predicted molar refractivity (Wildman–Crippen MR) is 27.1 cm³/mol. The van der Waals surface area contributed by atoms with Crippen molar-refractivity contribution in [2.45, 2.75) is 6.92 Å². The summed E-state index contributed by atoms with van der Waals surface area (Å²) in [4.78, 5) is 7.96. The Hall–Kier alpha value is 0.444. The van der Waals surface area contributed by atoms with Gasteiger partial charge >= 0.3 is 8.25 Å². The third-order valence-electron chi connectivity index (χ3n) is 0.305. The average Bonchev–Trinajstić information content (AvgIpc) is 1.61. The molecule has 0 rings (SSSR count). The molecule has 0 fully saturated rings. The van der Waals surface area contributed by atoms with Crippen LogP contribution in [0.15, 0.2) is 12.3 Å². The quantitative estimate of drug-likeness (QED) is 0.380. The van der Waals surface area contributed by atoms with Crippen LogP contribution in [0.1, 0.15) is 6.92 Å². The Bertz CT molecular complexity index is 92.5. The average molecular weight is 170 g/mol. The number of hydrogen-bond donors (Lipinski definition) is 1. The largest absolute Gasteiger partial charge is 0.435 e. The van der Waals surface area contributed by atoms with Crippen LogP contribution in [-0.4, -0.2) is 4.89 Å². The molecule has 0 aromatic rings. The molecule has 5 heteroatoms. The Morgan fingerprint density at radius 3 is 2.38 bits per heavy atom. The van der Waals surface area contributed by atoms with Crippen LogP contribution >= 0.6 is 8.25 Å². The zero-order valence-electron chi connectivity index (χ0n) is 4.42. The van der Waals surface area contributed by atoms with E-state index in [-0.39, 0.29) is 21.7 Å². The smallest absolute Gasteiger partial charge is 0.364 e. The van der Waals surface area contributed by atoms with Crippen LogP contribution in [0.3, 0.4) is 0 Å². The van der Waals surface area contributed by atoms with Crippen LogP contribution in [0.2, 0.25) is 0 Å². The summed E-state index contributed by atoms with van der Waals surface area (Å²) in [7, 11) is -2.73. The maximum atomic E-state index is 9.67. The molecule has 0 aliphatic carbocycles. The van der Waals surface area contributed by atoms with Crippen molar-refractivity contribution in [2.24, 2.45) is 0 Å². The van der Waals surface area contributed by atoms with Crippen molar-refractivity contribution in [3.05, 3.63) is 12.3 Å². The molecule has 3 nitrogen and oxygen atoms in total. The molecule has 0 saturated heterocycles. The monoisotopic (exact) mass is 170 g/mol. The Kier molecular flexibility index (Phi) is 10.5. The molecule has 1 N–H and O–H groups in total. The van der Waals surface area contributed by atoms with E-state index in [1.54, 1.807) is 13.0 Å². The Labute approximate surface area is 63.6 Å². The van der Waals surface area contributed by atoms with E-state index in [4.69, 9.17) is 4.89 Å². The fourth-order valence-corrected chi connectivity index (χ4v) is 0.379. The zero-order valence-corrected chi connectivity index (χ0v) is 6.98. The van der Waals surface area contributed by atoms with Crippen LogP contribution in [-0.2, 0) is 30.8 Å². The van der Waals surface area contributed by atoms with Crippen LogP contribution in [0, 0.1) is 0 Å². The SMILES string of the molecule is CC=CO[PH](=O)O.[Ti]. The van der Waals surface area contributed by atoms with Crippen molar-refractivity contribution in [3.8, 4) is 0 Å². The van der Waals surface area contributed by atoms with E-state index in [2.05, 4.69) is 4.52 Å². The maximum absolute atomic E-state index is 9.67. The topological polar surface area (TPSA) is 46.5 Å². The summed E-state index contributed by atoms with van der Waals surface area (Å²) in [6, 6.07) is 0. The van der Waals surface area contributed by atoms with E-state index in [9.17, 15) is 4.57 Å². The normalized spacial score (nSPS) is 12.8. The van der Waals surface area contributed by atoms with E-state index < -0.39 is 8.25 Å². The summed E-state index contributed by atoms with van der Waals surface area (Å²) < 4.78 is 13.8. The summed E-state index contributed by atoms with van der Waals surface area (Å²) >= 11 is 0. The Morgan fingerprint density at radius 2 is 2.25 bits per heavy atom. The molecule has 8 heavy (non-hydrogen) atoms. The summed E-state index contributed by atoms with van der Waals surface area (Å²) in [6.07, 6.45) is 2.72. The van der Waals surface area contributed by atoms with Crippen molar-refractivity contribution in [1.82, 2.24) is 0 Å². The van der Waals surface area contributed by atoms with Gasteiger partial charge in [-0.1, -0.05) is 6.08 Å². The van der Waals surface area contributed by atoms with E-state index in [0.29, 0.717) is 0 Å². The number of hydrogen-bond acceptors (Lipinski definition) is 2. The Morgan fingerprint density at radius 1 is 1.75 bits per heavy atom. The van der Waals surface area contributed by atoms with Crippen LogP contribution in [0.5, 0.6) is 0 Å². The first-order valence-electron chi connectivity index (χ1n) is 1.78. The molecule has 0 spiro atoms. The minimum atomic E-state index is -2.73. The first kappa shape index (κ1) is 11.3. The van der Waals surface area contributed by atoms with E-state index in [1.807, 2.05) is 0 Å². The van der Waals surface area contributed by atoms with E-state index >= 15 is 0 Å². The van der Waals surface area contributed by atoms with Crippen molar-refractivity contribution in [2.75, 3.05) is 0 Å². The summed E-state index contributed by atoms with van der Waals surface area (Å²) in [5.41, 5.74) is 0. The maximum Gasteiger partial charge on any atom is 0.364 e. The van der Waals surface area contributed by atoms with Crippen molar-refractivity contribution < 1.29 is 35.7 Å². The molecule has 0 amide bonds. The van der Waals surface area contributed by atoms with Gasteiger partial charge in [0.1, 0.15) is 0 Å². The van der Waals surface area contributed by atoms with Gasteiger partial charge in [0.25, 0.3) is 0 Å². The summed E-state index contributed by atoms with van der Waals surface area (Å²) in [5, 5.41) is 0. The third-order valence-corrected chi connectivity index (χ3v) is 0.643. The van der Waals surface area contributed by atoms with Gasteiger partial charge in [-0.25, -0.2) is 4.57 Å². The van der Waals surface area contributed by atoms with Gasteiger partial charge in [0.15, 0.2) is 0 Å². The molecule has 1 unspecified atom stereocenters. The molecule has 0 radical (unpaired) electrons. The third kappa shape index (κ3) is 9.67. The summed E-state index contributed by atoms with van der Waals surface area (Å²) in [6.45, 7) is 1.70. The van der Waals surface area contributed by atoms with Crippen molar-refractivity contribution in [1.29, 1.82) is 0 Å². The van der Waals surface area contributed by atoms with Gasteiger partial charge in [0.2, 0.25) is 0 Å². The van der Waals surface area contributed by atoms with E-state index in [1.165, 1.54) is 6.26 Å². The molecule has 0 aliphatic heterocycles. The van der Waals surface area contributed by atoms with Crippen molar-refractivity contribution >= 4 is 8.25 Å². The first-order valence-corrected chi connectivity index (χ1v) is 3.04. The van der Waals surface area contributed by atoms with Gasteiger partial charge in [-0.3, -0.25) is 0 Å². The molecular weight excluding hydrogens is 163 g/mol. The van der Waals surface area contributed by atoms with Crippen LogP contribution in [0.25, 0.3) is 0 Å². The molecule has 46 valence electrons. The molecular formula is C3H7O3PTi. The fraction of sp³-hybridized carbons (Fsp3) is 0.333. The predicted octanol–water partition coefficient (Wildman–Crippen LogP) is 0.916. The minimum Gasteiger partial charge on any atom is -0.435 e. The molecule has 0 saturated carbocycles. The van der Waals surface area contributed by atoms with Crippen LogP contribution < -0.4 is 0 Å². The molecule has 0 aromatic carbocycles. The van der Waals surface area contributed by atoms with Gasteiger partial charge in [-0.2, -0.15) is 0 Å². The molecule has 0 heterocycles. The number of allylic oxidation sites excluding steroid dienone is 1. The first-order chi connectivity index (χ1) is 3.27. The van der Waals surface area contributed by atoms with Crippen LogP contribution in [0.4, 0.5) is 0 Å². The van der Waals surface area contributed by atoms with Gasteiger partial charge in [-0.05, 0) is 6.92 Å². The molecule has 0 aliphatic rings. The second-order valence-corrected chi connectivity index (χ2v) is 1.62. The molecule has 0 bridgehead atoms. The number of rotatable bonds is 2.